The number of hydrogen-bond acceptors (Lipinski definition) is 2. The highest BCUT2D eigenvalue weighted by atomic mass is 35.5. The quantitative estimate of drug-likeness (QED) is 0.424. The van der Waals surface area contributed by atoms with Gasteiger partial charge in [0.15, 0.2) is 5.11 Å². The van der Waals surface area contributed by atoms with Crippen molar-refractivity contribution in [2.75, 3.05) is 10.6 Å². The molecule has 4 aromatic rings. The van der Waals surface area contributed by atoms with Crippen LogP contribution in [-0.2, 0) is 6.54 Å². The van der Waals surface area contributed by atoms with Crippen molar-refractivity contribution in [3.05, 3.63) is 89.5 Å². The normalized spacial score (nSPS) is 10.8. The molecule has 0 fully saturated rings. The van der Waals surface area contributed by atoms with Gasteiger partial charge in [0.25, 0.3) is 0 Å². The molecule has 140 valence electrons. The van der Waals surface area contributed by atoms with Crippen LogP contribution in [0.15, 0.2) is 73.1 Å². The number of halogens is 2. The zero-order chi connectivity index (χ0) is 19.5. The van der Waals surface area contributed by atoms with E-state index in [2.05, 4.69) is 27.9 Å². The van der Waals surface area contributed by atoms with Crippen molar-refractivity contribution < 1.29 is 4.39 Å². The highest BCUT2D eigenvalue weighted by molar-refractivity contribution is 7.80. The average Bonchev–Trinajstić information content (AvgIpc) is 3.12. The monoisotopic (exact) mass is 410 g/mol. The molecule has 3 aromatic carbocycles. The highest BCUT2D eigenvalue weighted by Crippen LogP contribution is 2.23. The number of hydrogen-bond donors (Lipinski definition) is 2. The Morgan fingerprint density at radius 2 is 1.82 bits per heavy atom. The van der Waals surface area contributed by atoms with E-state index in [4.69, 9.17) is 23.8 Å². The lowest BCUT2D eigenvalue weighted by Crippen LogP contribution is -2.18. The summed E-state index contributed by atoms with van der Waals surface area (Å²) >= 11 is 11.5. The smallest absolute Gasteiger partial charge is 0.175 e. The molecule has 0 amide bonds. The Morgan fingerprint density at radius 1 is 1.04 bits per heavy atom. The molecular weight excluding hydrogens is 395 g/mol. The molecule has 7 heteroatoms. The maximum Gasteiger partial charge on any atom is 0.175 e. The highest BCUT2D eigenvalue weighted by Gasteiger charge is 2.09. The Labute approximate surface area is 171 Å². The Kier molecular flexibility index (Phi) is 5.23. The van der Waals surface area contributed by atoms with Crippen LogP contribution >= 0.6 is 23.8 Å². The number of nitrogens with one attached hydrogen (secondary N) is 2. The number of aromatic nitrogens is 2. The maximum atomic E-state index is 14.0. The fourth-order valence-corrected chi connectivity index (χ4v) is 3.43. The van der Waals surface area contributed by atoms with Gasteiger partial charge in [0.05, 0.1) is 18.4 Å². The van der Waals surface area contributed by atoms with E-state index in [0.29, 0.717) is 21.4 Å². The van der Waals surface area contributed by atoms with Crippen LogP contribution in [0.25, 0.3) is 10.8 Å². The summed E-state index contributed by atoms with van der Waals surface area (Å²) in [6.07, 6.45) is 3.38. The fourth-order valence-electron chi connectivity index (χ4n) is 2.98. The number of fused-ring (bicyclic) bond motifs is 1. The third-order valence-corrected chi connectivity index (χ3v) is 4.87. The molecule has 0 aliphatic rings. The SMILES string of the molecule is Fc1cccc(Cl)c1Cn1cc(NC(=S)Nc2cccc3ccccc23)cn1. The molecule has 1 aromatic heterocycles. The van der Waals surface area contributed by atoms with Gasteiger partial charge in [0, 0.05) is 27.9 Å². The molecule has 0 aliphatic carbocycles. The minimum Gasteiger partial charge on any atom is -0.332 e. The van der Waals surface area contributed by atoms with Crippen molar-refractivity contribution in [2.45, 2.75) is 6.54 Å². The summed E-state index contributed by atoms with van der Waals surface area (Å²) in [7, 11) is 0. The molecule has 0 atom stereocenters. The lowest BCUT2D eigenvalue weighted by molar-refractivity contribution is 0.585. The summed E-state index contributed by atoms with van der Waals surface area (Å²) in [6, 6.07) is 18.7. The summed E-state index contributed by atoms with van der Waals surface area (Å²) in [4.78, 5) is 0. The Morgan fingerprint density at radius 3 is 2.68 bits per heavy atom. The Bertz CT molecular complexity index is 1130. The predicted molar refractivity (Wildman–Crippen MR) is 117 cm³/mol. The zero-order valence-electron chi connectivity index (χ0n) is 14.7. The van der Waals surface area contributed by atoms with Gasteiger partial charge in [-0.05, 0) is 35.8 Å². The van der Waals surface area contributed by atoms with E-state index in [1.54, 1.807) is 29.2 Å². The van der Waals surface area contributed by atoms with E-state index in [1.165, 1.54) is 6.07 Å². The molecule has 0 spiro atoms. The molecule has 0 unspecified atom stereocenters. The van der Waals surface area contributed by atoms with Crippen LogP contribution in [0.4, 0.5) is 15.8 Å². The Balaban J connectivity index is 1.46. The largest absolute Gasteiger partial charge is 0.332 e. The maximum absolute atomic E-state index is 14.0. The van der Waals surface area contributed by atoms with Gasteiger partial charge < -0.3 is 10.6 Å². The molecule has 4 rings (SSSR count). The van der Waals surface area contributed by atoms with Crippen molar-refractivity contribution in [1.29, 1.82) is 0 Å². The van der Waals surface area contributed by atoms with Crippen molar-refractivity contribution in [2.24, 2.45) is 0 Å². The van der Waals surface area contributed by atoms with Crippen LogP contribution in [0, 0.1) is 5.82 Å². The molecule has 1 heterocycles. The first-order valence-electron chi connectivity index (χ1n) is 8.61. The predicted octanol–water partition coefficient (Wildman–Crippen LogP) is 5.69. The number of nitrogens with zero attached hydrogens (tertiary/aromatic N) is 2. The lowest BCUT2D eigenvalue weighted by atomic mass is 10.1. The average molecular weight is 411 g/mol. The van der Waals surface area contributed by atoms with Crippen LogP contribution in [0.2, 0.25) is 5.02 Å². The van der Waals surface area contributed by atoms with Crippen molar-refractivity contribution >= 4 is 51.1 Å². The van der Waals surface area contributed by atoms with Gasteiger partial charge in [-0.1, -0.05) is 54.1 Å². The second-order valence-corrected chi connectivity index (χ2v) is 7.05. The van der Waals surface area contributed by atoms with Gasteiger partial charge in [0.2, 0.25) is 0 Å². The Hall–Kier alpha value is -2.96. The first kappa shape index (κ1) is 18.4. The number of thiocarbonyl (C=S) groups is 1. The first-order chi connectivity index (χ1) is 13.6. The molecule has 28 heavy (non-hydrogen) atoms. The fraction of sp³-hybridized carbons (Fsp3) is 0.0476. The van der Waals surface area contributed by atoms with Crippen LogP contribution < -0.4 is 10.6 Å². The van der Waals surface area contributed by atoms with E-state index < -0.39 is 0 Å². The molecular formula is C21H16ClFN4S. The van der Waals surface area contributed by atoms with Crippen LogP contribution in [0.1, 0.15) is 5.56 Å². The van der Waals surface area contributed by atoms with Crippen molar-refractivity contribution in [1.82, 2.24) is 9.78 Å². The minimum atomic E-state index is -0.356. The summed E-state index contributed by atoms with van der Waals surface area (Å²) < 4.78 is 15.6. The second-order valence-electron chi connectivity index (χ2n) is 6.23. The first-order valence-corrected chi connectivity index (χ1v) is 9.40. The van der Waals surface area contributed by atoms with Gasteiger partial charge >= 0.3 is 0 Å². The summed E-state index contributed by atoms with van der Waals surface area (Å²) in [5, 5.41) is 13.6. The van der Waals surface area contributed by atoms with E-state index >= 15 is 0 Å². The van der Waals surface area contributed by atoms with Gasteiger partial charge in [-0.15, -0.1) is 0 Å². The van der Waals surface area contributed by atoms with Crippen LogP contribution in [-0.4, -0.2) is 14.9 Å². The number of benzene rings is 3. The van der Waals surface area contributed by atoms with Gasteiger partial charge in [-0.2, -0.15) is 5.10 Å². The molecule has 0 radical (unpaired) electrons. The van der Waals surface area contributed by atoms with E-state index in [1.807, 2.05) is 30.3 Å². The molecule has 0 bridgehead atoms. The molecule has 0 aliphatic heterocycles. The zero-order valence-corrected chi connectivity index (χ0v) is 16.3. The third kappa shape index (κ3) is 3.98. The molecule has 0 saturated carbocycles. The standard InChI is InChI=1S/C21H16ClFN4S/c22-18-8-4-9-19(23)17(18)13-27-12-15(11-24-27)25-21(28)26-20-10-3-6-14-5-1-2-7-16(14)20/h1-12H,13H2,(H2,25,26,28). The van der Waals surface area contributed by atoms with Crippen molar-refractivity contribution in [3.8, 4) is 0 Å². The van der Waals surface area contributed by atoms with E-state index in [0.717, 1.165) is 16.5 Å². The minimum absolute atomic E-state index is 0.233. The van der Waals surface area contributed by atoms with E-state index in [-0.39, 0.29) is 12.4 Å². The molecule has 0 saturated heterocycles. The topological polar surface area (TPSA) is 41.9 Å². The van der Waals surface area contributed by atoms with Gasteiger partial charge in [-0.25, -0.2) is 4.39 Å². The van der Waals surface area contributed by atoms with Gasteiger partial charge in [-0.3, -0.25) is 4.68 Å². The number of rotatable bonds is 4. The van der Waals surface area contributed by atoms with Crippen molar-refractivity contribution in [3.63, 3.8) is 0 Å². The van der Waals surface area contributed by atoms with Crippen LogP contribution in [0.3, 0.4) is 0 Å². The molecule has 4 nitrogen and oxygen atoms in total. The third-order valence-electron chi connectivity index (χ3n) is 4.31. The summed E-state index contributed by atoms with van der Waals surface area (Å²) in [5.74, 6) is -0.356. The van der Waals surface area contributed by atoms with Gasteiger partial charge in [0.1, 0.15) is 5.82 Å². The summed E-state index contributed by atoms with van der Waals surface area (Å²) in [6.45, 7) is 0.233. The second kappa shape index (κ2) is 7.96. The number of anilines is 2. The van der Waals surface area contributed by atoms with Crippen LogP contribution in [0.5, 0.6) is 0 Å². The summed E-state index contributed by atoms with van der Waals surface area (Å²) in [5.41, 5.74) is 2.02. The lowest BCUT2D eigenvalue weighted by Gasteiger charge is -2.11. The molecule has 2 N–H and O–H groups in total. The van der Waals surface area contributed by atoms with E-state index in [9.17, 15) is 4.39 Å².